The first kappa shape index (κ1) is 7.53. The van der Waals surface area contributed by atoms with Crippen molar-refractivity contribution in [2.24, 2.45) is 0 Å². The van der Waals surface area contributed by atoms with E-state index in [1.807, 2.05) is 0 Å². The normalized spacial score (nSPS) is 19.2. The third-order valence-electron chi connectivity index (χ3n) is 2.48. The zero-order valence-corrected chi connectivity index (χ0v) is 7.37. The summed E-state index contributed by atoms with van der Waals surface area (Å²) in [6.45, 7) is 4.15. The maximum absolute atomic E-state index is 11.4. The smallest absolute Gasteiger partial charge is 0.253 e. The SMILES string of the molecule is CC1(C)CCc2nccc(=O)n21. The van der Waals surface area contributed by atoms with Crippen LogP contribution in [0.5, 0.6) is 0 Å². The van der Waals surface area contributed by atoms with E-state index in [1.54, 1.807) is 10.8 Å². The van der Waals surface area contributed by atoms with Gasteiger partial charge in [-0.05, 0) is 20.3 Å². The highest BCUT2D eigenvalue weighted by atomic mass is 16.1. The first-order valence-electron chi connectivity index (χ1n) is 4.19. The predicted molar refractivity (Wildman–Crippen MR) is 46.1 cm³/mol. The second-order valence-electron chi connectivity index (χ2n) is 3.85. The number of aryl methyl sites for hydroxylation is 1. The first-order valence-corrected chi connectivity index (χ1v) is 4.19. The molecule has 0 fully saturated rings. The Kier molecular flexibility index (Phi) is 1.37. The molecule has 0 N–H and O–H groups in total. The Labute approximate surface area is 71.1 Å². The third-order valence-corrected chi connectivity index (χ3v) is 2.48. The van der Waals surface area contributed by atoms with Gasteiger partial charge in [0.2, 0.25) is 0 Å². The van der Waals surface area contributed by atoms with Crippen molar-refractivity contribution in [2.75, 3.05) is 0 Å². The Hall–Kier alpha value is -1.12. The Bertz CT molecular complexity index is 365. The minimum Gasteiger partial charge on any atom is -0.291 e. The third kappa shape index (κ3) is 0.891. The van der Waals surface area contributed by atoms with Gasteiger partial charge in [0.15, 0.2) is 0 Å². The number of hydrogen-bond donors (Lipinski definition) is 0. The van der Waals surface area contributed by atoms with Crippen LogP contribution in [0.1, 0.15) is 26.1 Å². The van der Waals surface area contributed by atoms with Gasteiger partial charge in [0.1, 0.15) is 5.82 Å². The highest BCUT2D eigenvalue weighted by Crippen LogP contribution is 2.27. The molecule has 1 aliphatic heterocycles. The number of rotatable bonds is 0. The van der Waals surface area contributed by atoms with Crippen LogP contribution in [0.2, 0.25) is 0 Å². The van der Waals surface area contributed by atoms with Crippen LogP contribution in [-0.2, 0) is 12.0 Å². The Morgan fingerprint density at radius 1 is 1.58 bits per heavy atom. The largest absolute Gasteiger partial charge is 0.291 e. The van der Waals surface area contributed by atoms with E-state index in [-0.39, 0.29) is 11.1 Å². The summed E-state index contributed by atoms with van der Waals surface area (Å²) in [7, 11) is 0. The Morgan fingerprint density at radius 3 is 3.00 bits per heavy atom. The molecule has 3 nitrogen and oxygen atoms in total. The van der Waals surface area contributed by atoms with E-state index in [4.69, 9.17) is 0 Å². The van der Waals surface area contributed by atoms with Crippen LogP contribution in [0.25, 0.3) is 0 Å². The molecule has 1 aromatic rings. The summed E-state index contributed by atoms with van der Waals surface area (Å²) in [4.78, 5) is 15.6. The fourth-order valence-corrected chi connectivity index (χ4v) is 1.80. The van der Waals surface area contributed by atoms with Gasteiger partial charge in [0.05, 0.1) is 0 Å². The van der Waals surface area contributed by atoms with E-state index in [1.165, 1.54) is 6.07 Å². The van der Waals surface area contributed by atoms with Crippen LogP contribution in [0, 0.1) is 0 Å². The monoisotopic (exact) mass is 164 g/mol. The summed E-state index contributed by atoms with van der Waals surface area (Å²) < 4.78 is 1.80. The van der Waals surface area contributed by atoms with Crippen LogP contribution < -0.4 is 5.56 Å². The van der Waals surface area contributed by atoms with E-state index in [0.717, 1.165) is 18.7 Å². The van der Waals surface area contributed by atoms with Crippen molar-refractivity contribution < 1.29 is 0 Å². The number of aromatic nitrogens is 2. The number of nitrogens with zero attached hydrogens (tertiary/aromatic N) is 2. The van der Waals surface area contributed by atoms with Crippen LogP contribution in [0.4, 0.5) is 0 Å². The molecule has 0 amide bonds. The summed E-state index contributed by atoms with van der Waals surface area (Å²) in [5.41, 5.74) is 0.0308. The second-order valence-corrected chi connectivity index (χ2v) is 3.85. The first-order chi connectivity index (χ1) is 5.61. The van der Waals surface area contributed by atoms with Gasteiger partial charge in [-0.3, -0.25) is 9.36 Å². The van der Waals surface area contributed by atoms with Gasteiger partial charge in [0.25, 0.3) is 5.56 Å². The fraction of sp³-hybridized carbons (Fsp3) is 0.556. The molecule has 0 atom stereocenters. The van der Waals surface area contributed by atoms with Crippen LogP contribution >= 0.6 is 0 Å². The molecule has 0 saturated carbocycles. The molecule has 0 spiro atoms. The lowest BCUT2D eigenvalue weighted by molar-refractivity contribution is 0.364. The van der Waals surface area contributed by atoms with Gasteiger partial charge < -0.3 is 0 Å². The maximum Gasteiger partial charge on any atom is 0.253 e. The van der Waals surface area contributed by atoms with Gasteiger partial charge in [-0.25, -0.2) is 4.98 Å². The van der Waals surface area contributed by atoms with Crippen molar-refractivity contribution >= 4 is 0 Å². The van der Waals surface area contributed by atoms with Crippen molar-refractivity contribution in [3.8, 4) is 0 Å². The lowest BCUT2D eigenvalue weighted by Crippen LogP contribution is -2.33. The zero-order chi connectivity index (χ0) is 8.77. The molecule has 0 radical (unpaired) electrons. The van der Waals surface area contributed by atoms with Crippen LogP contribution in [0.15, 0.2) is 17.1 Å². The lowest BCUT2D eigenvalue weighted by atomic mass is 10.0. The van der Waals surface area contributed by atoms with Gasteiger partial charge in [-0.15, -0.1) is 0 Å². The van der Waals surface area contributed by atoms with E-state index < -0.39 is 0 Å². The molecule has 0 aliphatic carbocycles. The lowest BCUT2D eigenvalue weighted by Gasteiger charge is -2.20. The molecule has 0 unspecified atom stereocenters. The standard InChI is InChI=1S/C9H12N2O/c1-9(2)5-3-7-10-6-4-8(12)11(7)9/h4,6H,3,5H2,1-2H3. The van der Waals surface area contributed by atoms with E-state index in [0.29, 0.717) is 0 Å². The molecule has 2 heterocycles. The topological polar surface area (TPSA) is 34.9 Å². The second kappa shape index (κ2) is 2.19. The van der Waals surface area contributed by atoms with Crippen LogP contribution in [0.3, 0.4) is 0 Å². The zero-order valence-electron chi connectivity index (χ0n) is 7.37. The Morgan fingerprint density at radius 2 is 2.33 bits per heavy atom. The predicted octanol–water partition coefficient (Wildman–Crippen LogP) is 0.925. The van der Waals surface area contributed by atoms with Crippen molar-refractivity contribution in [3.05, 3.63) is 28.4 Å². The summed E-state index contributed by atoms with van der Waals surface area (Å²) in [6.07, 6.45) is 3.53. The molecule has 0 saturated heterocycles. The van der Waals surface area contributed by atoms with E-state index in [9.17, 15) is 4.79 Å². The van der Waals surface area contributed by atoms with Crippen molar-refractivity contribution in [1.82, 2.24) is 9.55 Å². The fourth-order valence-electron chi connectivity index (χ4n) is 1.80. The minimum atomic E-state index is -0.0410. The van der Waals surface area contributed by atoms with Crippen LogP contribution in [-0.4, -0.2) is 9.55 Å². The molecule has 12 heavy (non-hydrogen) atoms. The molecular formula is C9H12N2O. The van der Waals surface area contributed by atoms with E-state index in [2.05, 4.69) is 18.8 Å². The summed E-state index contributed by atoms with van der Waals surface area (Å²) in [5, 5.41) is 0. The average molecular weight is 164 g/mol. The van der Waals surface area contributed by atoms with Crippen molar-refractivity contribution in [1.29, 1.82) is 0 Å². The molecule has 1 aliphatic rings. The quantitative estimate of drug-likeness (QED) is 0.571. The molecule has 2 rings (SSSR count). The molecule has 0 aromatic carbocycles. The summed E-state index contributed by atoms with van der Waals surface area (Å²) in [6, 6.07) is 1.52. The highest BCUT2D eigenvalue weighted by molar-refractivity contribution is 5.05. The van der Waals surface area contributed by atoms with Gasteiger partial charge in [-0.2, -0.15) is 0 Å². The molecule has 0 bridgehead atoms. The number of fused-ring (bicyclic) bond motifs is 1. The maximum atomic E-state index is 11.4. The van der Waals surface area contributed by atoms with Gasteiger partial charge in [0, 0.05) is 24.2 Å². The summed E-state index contributed by atoms with van der Waals surface area (Å²) in [5.74, 6) is 0.924. The highest BCUT2D eigenvalue weighted by Gasteiger charge is 2.30. The van der Waals surface area contributed by atoms with Crippen molar-refractivity contribution in [2.45, 2.75) is 32.2 Å². The molecule has 64 valence electrons. The average Bonchev–Trinajstić information content (AvgIpc) is 2.29. The van der Waals surface area contributed by atoms with E-state index >= 15 is 0 Å². The molecule has 1 aromatic heterocycles. The summed E-state index contributed by atoms with van der Waals surface area (Å²) >= 11 is 0. The molecular weight excluding hydrogens is 152 g/mol. The molecule has 3 heteroatoms. The van der Waals surface area contributed by atoms with Crippen molar-refractivity contribution in [3.63, 3.8) is 0 Å². The van der Waals surface area contributed by atoms with Gasteiger partial charge >= 0.3 is 0 Å². The van der Waals surface area contributed by atoms with Gasteiger partial charge in [-0.1, -0.05) is 0 Å². The Balaban J connectivity index is 2.72. The minimum absolute atomic E-state index is 0.0410. The number of hydrogen-bond acceptors (Lipinski definition) is 2.